The lowest BCUT2D eigenvalue weighted by Crippen LogP contribution is -2.52. The lowest BCUT2D eigenvalue weighted by molar-refractivity contribution is -0.139. The average molecular weight is 503 g/mol. The van der Waals surface area contributed by atoms with Gasteiger partial charge in [-0.2, -0.15) is 0 Å². The molecule has 3 aromatic rings. The summed E-state index contributed by atoms with van der Waals surface area (Å²) in [4.78, 5) is 29.0. The van der Waals surface area contributed by atoms with Gasteiger partial charge in [0.25, 0.3) is 0 Å². The van der Waals surface area contributed by atoms with E-state index in [1.54, 1.807) is 16.7 Å². The topological polar surface area (TPSA) is 49.4 Å². The highest BCUT2D eigenvalue weighted by atomic mass is 32.2. The summed E-state index contributed by atoms with van der Waals surface area (Å²) in [5, 5.41) is 3.13. The van der Waals surface area contributed by atoms with Crippen LogP contribution in [-0.2, 0) is 28.3 Å². The van der Waals surface area contributed by atoms with Gasteiger partial charge in [-0.25, -0.2) is 0 Å². The number of amides is 2. The zero-order valence-corrected chi connectivity index (χ0v) is 22.7. The van der Waals surface area contributed by atoms with Crippen molar-refractivity contribution in [2.45, 2.75) is 64.9 Å². The summed E-state index contributed by atoms with van der Waals surface area (Å²) in [5.41, 5.74) is 5.62. The predicted octanol–water partition coefficient (Wildman–Crippen LogP) is 6.09. The van der Waals surface area contributed by atoms with E-state index < -0.39 is 6.04 Å². The third kappa shape index (κ3) is 8.56. The molecule has 0 aliphatic heterocycles. The molecular weight excluding hydrogens is 464 g/mol. The zero-order valence-electron chi connectivity index (χ0n) is 21.9. The van der Waals surface area contributed by atoms with Crippen LogP contribution in [0, 0.1) is 13.8 Å². The number of nitrogens with one attached hydrogen (secondary N) is 1. The maximum atomic E-state index is 13.7. The van der Waals surface area contributed by atoms with Gasteiger partial charge >= 0.3 is 0 Å². The molecular formula is C31H38N2O2S. The second-order valence-corrected chi connectivity index (χ2v) is 10.5. The number of hydrogen-bond acceptors (Lipinski definition) is 3. The Labute approximate surface area is 220 Å². The fraction of sp³-hybridized carbons (Fsp3) is 0.355. The van der Waals surface area contributed by atoms with Gasteiger partial charge in [-0.05, 0) is 43.9 Å². The Morgan fingerprint density at radius 3 is 2.22 bits per heavy atom. The summed E-state index contributed by atoms with van der Waals surface area (Å²) in [7, 11) is 0. The molecule has 3 rings (SSSR count). The summed E-state index contributed by atoms with van der Waals surface area (Å²) in [6, 6.07) is 26.0. The highest BCUT2D eigenvalue weighted by Crippen LogP contribution is 2.19. The minimum atomic E-state index is -0.589. The summed E-state index contributed by atoms with van der Waals surface area (Å²) < 4.78 is 0. The second-order valence-electron chi connectivity index (χ2n) is 9.51. The van der Waals surface area contributed by atoms with E-state index in [1.807, 2.05) is 62.4 Å². The van der Waals surface area contributed by atoms with Crippen LogP contribution in [0.5, 0.6) is 0 Å². The van der Waals surface area contributed by atoms with Crippen LogP contribution in [0.2, 0.25) is 0 Å². The SMILES string of the molecule is CC[C@@H](C)NC(=O)[C@@H](Cc1ccccc1)N(Cc1cccc(C)c1)C(=O)CSCc1ccc(C)cc1. The molecule has 0 bridgehead atoms. The maximum absolute atomic E-state index is 13.7. The minimum absolute atomic E-state index is 0.0196. The zero-order chi connectivity index (χ0) is 25.9. The van der Waals surface area contributed by atoms with Gasteiger partial charge in [0, 0.05) is 24.8 Å². The number of carbonyl (C=O) groups excluding carboxylic acids is 2. The fourth-order valence-electron chi connectivity index (χ4n) is 4.03. The van der Waals surface area contributed by atoms with E-state index in [-0.39, 0.29) is 17.9 Å². The maximum Gasteiger partial charge on any atom is 0.243 e. The van der Waals surface area contributed by atoms with E-state index in [4.69, 9.17) is 0 Å². The molecule has 190 valence electrons. The summed E-state index contributed by atoms with van der Waals surface area (Å²) in [6.07, 6.45) is 1.31. The molecule has 0 heterocycles. The van der Waals surface area contributed by atoms with E-state index in [1.165, 1.54) is 11.1 Å². The smallest absolute Gasteiger partial charge is 0.243 e. The third-order valence-electron chi connectivity index (χ3n) is 6.32. The first-order valence-electron chi connectivity index (χ1n) is 12.7. The van der Waals surface area contributed by atoms with Gasteiger partial charge in [0.2, 0.25) is 11.8 Å². The molecule has 0 radical (unpaired) electrons. The lowest BCUT2D eigenvalue weighted by atomic mass is 10.0. The van der Waals surface area contributed by atoms with Gasteiger partial charge in [0.05, 0.1) is 5.75 Å². The van der Waals surface area contributed by atoms with Crippen molar-refractivity contribution in [2.24, 2.45) is 0 Å². The van der Waals surface area contributed by atoms with Crippen molar-refractivity contribution in [3.8, 4) is 0 Å². The highest BCUT2D eigenvalue weighted by molar-refractivity contribution is 7.99. The molecule has 0 fully saturated rings. The molecule has 4 nitrogen and oxygen atoms in total. The Morgan fingerprint density at radius 2 is 1.56 bits per heavy atom. The van der Waals surface area contributed by atoms with Crippen LogP contribution in [0.15, 0.2) is 78.9 Å². The van der Waals surface area contributed by atoms with Gasteiger partial charge in [-0.3, -0.25) is 9.59 Å². The first kappa shape index (κ1) is 27.5. The summed E-state index contributed by atoms with van der Waals surface area (Å²) >= 11 is 1.59. The molecule has 2 amide bonds. The number of rotatable bonds is 12. The van der Waals surface area contributed by atoms with E-state index in [9.17, 15) is 9.59 Å². The van der Waals surface area contributed by atoms with Crippen LogP contribution < -0.4 is 5.32 Å². The summed E-state index contributed by atoms with van der Waals surface area (Å²) in [5.74, 6) is 0.959. The number of hydrogen-bond donors (Lipinski definition) is 1. The largest absolute Gasteiger partial charge is 0.352 e. The Morgan fingerprint density at radius 1 is 0.861 bits per heavy atom. The highest BCUT2D eigenvalue weighted by Gasteiger charge is 2.30. The van der Waals surface area contributed by atoms with Crippen LogP contribution in [0.4, 0.5) is 0 Å². The van der Waals surface area contributed by atoms with Crippen molar-refractivity contribution in [1.82, 2.24) is 10.2 Å². The van der Waals surface area contributed by atoms with Crippen molar-refractivity contribution >= 4 is 23.6 Å². The predicted molar refractivity (Wildman–Crippen MR) is 151 cm³/mol. The van der Waals surface area contributed by atoms with Crippen LogP contribution in [0.3, 0.4) is 0 Å². The van der Waals surface area contributed by atoms with Crippen LogP contribution in [-0.4, -0.2) is 34.6 Å². The average Bonchev–Trinajstić information content (AvgIpc) is 2.87. The Hall–Kier alpha value is -3.05. The monoisotopic (exact) mass is 502 g/mol. The first-order valence-corrected chi connectivity index (χ1v) is 13.8. The molecule has 5 heteroatoms. The Kier molecular flexibility index (Phi) is 10.6. The normalized spacial score (nSPS) is 12.6. The standard InChI is InChI=1S/C31H38N2O2S/c1-5-25(4)32-31(35)29(19-26-11-7-6-8-12-26)33(20-28-13-9-10-24(3)18-28)30(34)22-36-21-27-16-14-23(2)15-17-27/h6-18,25,29H,5,19-22H2,1-4H3,(H,32,35)/t25-,29-/m1/s1. The van der Waals surface area contributed by atoms with E-state index in [0.29, 0.717) is 18.7 Å². The molecule has 0 aliphatic rings. The molecule has 0 unspecified atom stereocenters. The molecule has 3 aromatic carbocycles. The molecule has 0 aromatic heterocycles. The Balaban J connectivity index is 1.85. The van der Waals surface area contributed by atoms with Crippen molar-refractivity contribution in [3.05, 3.63) is 107 Å². The molecule has 0 saturated heterocycles. The molecule has 36 heavy (non-hydrogen) atoms. The molecule has 0 saturated carbocycles. The van der Waals surface area contributed by atoms with Crippen molar-refractivity contribution in [2.75, 3.05) is 5.75 Å². The van der Waals surface area contributed by atoms with Crippen molar-refractivity contribution in [3.63, 3.8) is 0 Å². The van der Waals surface area contributed by atoms with Gasteiger partial charge in [-0.1, -0.05) is 96.9 Å². The molecule has 0 aliphatic carbocycles. The number of aryl methyl sites for hydroxylation is 2. The molecule has 1 N–H and O–H groups in total. The van der Waals surface area contributed by atoms with Gasteiger partial charge in [0.15, 0.2) is 0 Å². The van der Waals surface area contributed by atoms with Crippen LogP contribution >= 0.6 is 11.8 Å². The number of benzene rings is 3. The van der Waals surface area contributed by atoms with E-state index in [0.717, 1.165) is 28.9 Å². The lowest BCUT2D eigenvalue weighted by Gasteiger charge is -2.32. The van der Waals surface area contributed by atoms with Crippen molar-refractivity contribution in [1.29, 1.82) is 0 Å². The number of carbonyl (C=O) groups is 2. The van der Waals surface area contributed by atoms with Gasteiger partial charge in [-0.15, -0.1) is 11.8 Å². The Bertz CT molecular complexity index is 1110. The van der Waals surface area contributed by atoms with Crippen LogP contribution in [0.1, 0.15) is 48.1 Å². The van der Waals surface area contributed by atoms with E-state index >= 15 is 0 Å². The quantitative estimate of drug-likeness (QED) is 0.326. The van der Waals surface area contributed by atoms with Crippen molar-refractivity contribution < 1.29 is 9.59 Å². The van der Waals surface area contributed by atoms with Crippen LogP contribution in [0.25, 0.3) is 0 Å². The first-order chi connectivity index (χ1) is 17.4. The van der Waals surface area contributed by atoms with E-state index in [2.05, 4.69) is 49.5 Å². The third-order valence-corrected chi connectivity index (χ3v) is 7.31. The fourth-order valence-corrected chi connectivity index (χ4v) is 4.90. The number of thioether (sulfide) groups is 1. The van der Waals surface area contributed by atoms with Gasteiger partial charge in [0.1, 0.15) is 6.04 Å². The molecule has 2 atom stereocenters. The second kappa shape index (κ2) is 13.9. The van der Waals surface area contributed by atoms with Gasteiger partial charge < -0.3 is 10.2 Å². The minimum Gasteiger partial charge on any atom is -0.352 e. The number of nitrogens with zero attached hydrogens (tertiary/aromatic N) is 1. The summed E-state index contributed by atoms with van der Waals surface area (Å²) in [6.45, 7) is 8.57. The molecule has 0 spiro atoms.